The molecule has 0 aromatic rings. The van der Waals surface area contributed by atoms with E-state index in [-0.39, 0.29) is 18.9 Å². The van der Waals surface area contributed by atoms with Crippen molar-refractivity contribution < 1.29 is 78.7 Å². The molecule has 0 unspecified atom stereocenters. The largest absolute Gasteiger partial charge is 0.464 e. The van der Waals surface area contributed by atoms with E-state index >= 15 is 0 Å². The highest BCUT2D eigenvalue weighted by atomic mass is 16.7. The molecule has 0 aromatic carbocycles. The molecule has 2 fully saturated rings. The number of hydrogen-bond donors (Lipinski definition) is 8. The molecule has 0 aromatic heterocycles. The second kappa shape index (κ2) is 42.1. The van der Waals surface area contributed by atoms with Crippen LogP contribution in [-0.4, -0.2) is 166 Å². The summed E-state index contributed by atoms with van der Waals surface area (Å²) in [7, 11) is 1.29. The summed E-state index contributed by atoms with van der Waals surface area (Å²) in [6.07, 6.45) is 21.5. The third-order valence-electron chi connectivity index (χ3n) is 14.0. The number of hydrogen-bond acceptors (Lipinski definition) is 17. The van der Waals surface area contributed by atoms with Crippen molar-refractivity contribution in [2.24, 2.45) is 0 Å². The fourth-order valence-electron chi connectivity index (χ4n) is 9.33. The van der Waals surface area contributed by atoms with E-state index in [9.17, 15) is 50.1 Å². The minimum absolute atomic E-state index is 0.170. The predicted octanol–water partition coefficient (Wildman–Crippen LogP) is 6.57. The Hall–Kier alpha value is -2.07. The minimum atomic E-state index is -1.82. The van der Waals surface area contributed by atoms with Crippen LogP contribution in [-0.2, 0) is 42.9 Å². The van der Waals surface area contributed by atoms with Crippen LogP contribution in [0, 0.1) is 0 Å². The maximum atomic E-state index is 13.3. The Balaban J connectivity index is 1.80. The van der Waals surface area contributed by atoms with Crippen molar-refractivity contribution in [3.8, 4) is 0 Å². The van der Waals surface area contributed by atoms with E-state index < -0.39 is 106 Å². The molecule has 72 heavy (non-hydrogen) atoms. The minimum Gasteiger partial charge on any atom is -0.464 e. The predicted molar refractivity (Wildman–Crippen MR) is 273 cm³/mol. The number of rotatable bonds is 45. The highest BCUT2D eigenvalue weighted by molar-refractivity contribution is 5.84. The van der Waals surface area contributed by atoms with E-state index in [0.717, 1.165) is 43.6 Å². The van der Waals surface area contributed by atoms with E-state index in [4.69, 9.17) is 28.5 Å². The molecule has 0 radical (unpaired) electrons. The molecular weight excluding hydrogens is 933 g/mol. The highest BCUT2D eigenvalue weighted by Gasteiger charge is 2.51. The van der Waals surface area contributed by atoms with Crippen LogP contribution < -0.4 is 5.32 Å². The van der Waals surface area contributed by atoms with E-state index in [1.165, 1.54) is 155 Å². The number of hydroxylamine groups is 2. The van der Waals surface area contributed by atoms with Gasteiger partial charge in [0.05, 0.1) is 19.8 Å². The van der Waals surface area contributed by atoms with E-state index in [2.05, 4.69) is 19.2 Å². The molecule has 2 aliphatic heterocycles. The Morgan fingerprint density at radius 1 is 0.528 bits per heavy atom. The normalized spacial score (nSPS) is 24.9. The van der Waals surface area contributed by atoms with Crippen LogP contribution >= 0.6 is 0 Å². The summed E-state index contributed by atoms with van der Waals surface area (Å²) < 4.78 is 27.6. The van der Waals surface area contributed by atoms with Gasteiger partial charge in [0.25, 0.3) is 0 Å². The number of carbonyl (C=O) groups excluding carboxylic acids is 3. The molecule has 424 valence electrons. The Morgan fingerprint density at radius 2 is 0.972 bits per heavy atom. The number of likely N-dealkylation sites (N-methyl/N-ethyl adjacent to an activating group) is 1. The Labute approximate surface area is 432 Å². The van der Waals surface area contributed by atoms with Crippen molar-refractivity contribution in [1.29, 1.82) is 0 Å². The smallest absolute Gasteiger partial charge is 0.334 e. The molecule has 0 aliphatic carbocycles. The maximum absolute atomic E-state index is 13.3. The van der Waals surface area contributed by atoms with Gasteiger partial charge in [-0.1, -0.05) is 200 Å². The van der Waals surface area contributed by atoms with Gasteiger partial charge in [0.15, 0.2) is 25.2 Å². The zero-order valence-corrected chi connectivity index (χ0v) is 44.8. The number of unbranched alkanes of at least 4 members (excludes halogenated alkanes) is 29. The average Bonchev–Trinajstić information content (AvgIpc) is 3.37. The average molecular weight is 1040 g/mol. The van der Waals surface area contributed by atoms with Gasteiger partial charge in [0.2, 0.25) is 5.91 Å². The Kier molecular flexibility index (Phi) is 38.6. The van der Waals surface area contributed by atoms with Crippen molar-refractivity contribution >= 4 is 17.8 Å². The summed E-state index contributed by atoms with van der Waals surface area (Å²) in [5.41, 5.74) is 0. The number of esters is 2. The van der Waals surface area contributed by atoms with Gasteiger partial charge in [-0.2, -0.15) is 5.06 Å². The van der Waals surface area contributed by atoms with Gasteiger partial charge in [-0.05, 0) is 12.8 Å². The number of nitrogens with one attached hydrogen (secondary N) is 1. The zero-order chi connectivity index (χ0) is 52.8. The molecule has 18 heteroatoms. The van der Waals surface area contributed by atoms with E-state index in [1.54, 1.807) is 0 Å². The number of aliphatic hydroxyl groups is 7. The van der Waals surface area contributed by atoms with Crippen LogP contribution in [0.5, 0.6) is 0 Å². The fourth-order valence-corrected chi connectivity index (χ4v) is 9.33. The first-order chi connectivity index (χ1) is 34.9. The second-order valence-electron chi connectivity index (χ2n) is 20.3. The number of nitrogens with zero attached hydrogens (tertiary/aromatic N) is 1. The summed E-state index contributed by atoms with van der Waals surface area (Å²) >= 11 is 0. The molecule has 18 nitrogen and oxygen atoms in total. The van der Waals surface area contributed by atoms with Crippen LogP contribution in [0.4, 0.5) is 0 Å². The first kappa shape index (κ1) is 66.0. The van der Waals surface area contributed by atoms with Gasteiger partial charge in [-0.25, -0.2) is 9.59 Å². The highest BCUT2D eigenvalue weighted by Crippen LogP contribution is 2.30. The van der Waals surface area contributed by atoms with Crippen molar-refractivity contribution in [3.05, 3.63) is 0 Å². The first-order valence-electron chi connectivity index (χ1n) is 28.5. The van der Waals surface area contributed by atoms with Gasteiger partial charge in [-0.3, -0.25) is 9.63 Å². The number of amides is 1. The van der Waals surface area contributed by atoms with Crippen LogP contribution in [0.2, 0.25) is 0 Å². The lowest BCUT2D eigenvalue weighted by molar-refractivity contribution is -0.365. The van der Waals surface area contributed by atoms with Gasteiger partial charge < -0.3 is 64.7 Å². The monoisotopic (exact) mass is 1030 g/mol. The molecule has 0 saturated carbocycles. The third kappa shape index (κ3) is 28.2. The summed E-state index contributed by atoms with van der Waals surface area (Å²) in [5, 5.41) is 75.9. The summed E-state index contributed by atoms with van der Waals surface area (Å²) in [4.78, 5) is 44.7. The van der Waals surface area contributed by atoms with Crippen LogP contribution in [0.1, 0.15) is 219 Å². The van der Waals surface area contributed by atoms with Crippen LogP contribution in [0.25, 0.3) is 0 Å². The quantitative estimate of drug-likeness (QED) is 0.0182. The molecule has 2 rings (SSSR count). The Morgan fingerprint density at radius 3 is 1.43 bits per heavy atom. The lowest BCUT2D eigenvalue weighted by Crippen LogP contribution is -2.66. The molecule has 1 amide bonds. The standard InChI is InChI=1S/C54H102N2O16/c1-4-6-8-10-12-14-16-18-20-22-24-26-28-30-32-34-36-67-53(66)41(55-44(59)35-33-31-29-27-25-23-21-19-17-15-13-11-9-7-5-2)39-68-45(60)40-69-56(3)52-49(64)48(63)51(43(38-58)70-52)72-54-50(65)47(62)46(61)42(37-57)71-54/h41-43,46-52,54,57-58,61-65H,4-40H2,1-3H3,(H,55,59)/t41-,42+,43+,46-,47-,48+,49+,50+,51+,52+,54-/m0/s1. The van der Waals surface area contributed by atoms with E-state index in [1.807, 2.05) is 0 Å². The lowest BCUT2D eigenvalue weighted by atomic mass is 9.96. The molecule has 2 heterocycles. The first-order valence-corrected chi connectivity index (χ1v) is 28.5. The number of aliphatic hydroxyl groups excluding tert-OH is 7. The van der Waals surface area contributed by atoms with Gasteiger partial charge in [-0.15, -0.1) is 0 Å². The van der Waals surface area contributed by atoms with Crippen molar-refractivity contribution in [2.45, 2.75) is 287 Å². The van der Waals surface area contributed by atoms with Crippen LogP contribution in [0.15, 0.2) is 0 Å². The molecular formula is C54H102N2O16. The maximum Gasteiger partial charge on any atom is 0.334 e. The van der Waals surface area contributed by atoms with Gasteiger partial charge in [0, 0.05) is 13.5 Å². The SMILES string of the molecule is CCCCCCCCCCCCCCCCCCOC(=O)[C@H](COC(=O)CON(C)[C@@H]1O[C@H](CO)[C@@H](O[C@@H]2O[C@H](CO)[C@H](O)[C@H](O)[C@H]2O)[C@H](O)[C@H]1O)NC(=O)CCCCCCCCCCCCCCCCC. The lowest BCUT2D eigenvalue weighted by Gasteiger charge is -2.47. The summed E-state index contributed by atoms with van der Waals surface area (Å²) in [5.74, 6) is -1.99. The third-order valence-corrected chi connectivity index (χ3v) is 14.0. The number of carbonyl (C=O) groups is 3. The van der Waals surface area contributed by atoms with Gasteiger partial charge in [0.1, 0.15) is 55.4 Å². The Bertz CT molecular complexity index is 1350. The van der Waals surface area contributed by atoms with E-state index in [0.29, 0.717) is 12.8 Å². The molecule has 2 saturated heterocycles. The molecule has 0 bridgehead atoms. The van der Waals surface area contributed by atoms with Crippen molar-refractivity contribution in [2.75, 3.05) is 40.1 Å². The molecule has 8 N–H and O–H groups in total. The fraction of sp³-hybridized carbons (Fsp3) is 0.944. The summed E-state index contributed by atoms with van der Waals surface area (Å²) in [6.45, 7) is 1.92. The topological polar surface area (TPSA) is 263 Å². The number of ether oxygens (including phenoxy) is 5. The van der Waals surface area contributed by atoms with Crippen molar-refractivity contribution in [1.82, 2.24) is 10.4 Å². The van der Waals surface area contributed by atoms with Gasteiger partial charge >= 0.3 is 11.9 Å². The summed E-state index contributed by atoms with van der Waals surface area (Å²) in [6, 6.07) is -1.25. The van der Waals surface area contributed by atoms with Crippen molar-refractivity contribution in [3.63, 3.8) is 0 Å². The zero-order valence-electron chi connectivity index (χ0n) is 44.8. The second-order valence-corrected chi connectivity index (χ2v) is 20.3. The van der Waals surface area contributed by atoms with Crippen LogP contribution in [0.3, 0.4) is 0 Å². The molecule has 2 aliphatic rings. The molecule has 0 spiro atoms. The molecule has 11 atom stereocenters.